The van der Waals surface area contributed by atoms with Crippen molar-refractivity contribution in [3.05, 3.63) is 35.2 Å². The Kier molecular flexibility index (Phi) is 11.0. The molecule has 4 atom stereocenters. The molecule has 46 heavy (non-hydrogen) atoms. The number of nitrogens with zero attached hydrogens (tertiary/aromatic N) is 7. The van der Waals surface area contributed by atoms with E-state index in [1.54, 1.807) is 19.0 Å². The van der Waals surface area contributed by atoms with Gasteiger partial charge in [0.25, 0.3) is 11.8 Å². The number of hydrogen-bond donors (Lipinski definition) is 2. The van der Waals surface area contributed by atoms with Crippen LogP contribution in [-0.2, 0) is 19.6 Å². The largest absolute Gasteiger partial charge is 0.394 e. The molecular weight excluding hydrogens is 614 g/mol. The zero-order chi connectivity index (χ0) is 33.9. The van der Waals surface area contributed by atoms with Gasteiger partial charge in [-0.2, -0.15) is 23.6 Å². The fourth-order valence-corrected chi connectivity index (χ4v) is 6.76. The number of aliphatic imine (C=N–C) groups is 1. The monoisotopic (exact) mass is 657 g/mol. The Bertz CT molecular complexity index is 1680. The predicted molar refractivity (Wildman–Crippen MR) is 171 cm³/mol. The number of rotatable bonds is 13. The van der Waals surface area contributed by atoms with Gasteiger partial charge in [0.05, 0.1) is 38.4 Å². The van der Waals surface area contributed by atoms with Gasteiger partial charge in [-0.25, -0.2) is 9.98 Å². The first-order chi connectivity index (χ1) is 21.7. The maximum absolute atomic E-state index is 14.2. The summed E-state index contributed by atoms with van der Waals surface area (Å²) in [6.07, 6.45) is -1.40. The summed E-state index contributed by atoms with van der Waals surface area (Å²) in [6.45, 7) is 11.4. The quantitative estimate of drug-likeness (QED) is 0.118. The standard InChI is InChI=1S/C31H43N7O7S/c1-17(2)20-12-21(18(3)4)27(22(13-20)19(5)6)46(41,42)45-29-24-28(35-31(36-29)34-15-37(7)8)38(16-33-24)30-26(43-11-9-10-32)25(40)23(14-39)44-30/h12-13,15-19,23,25-26,30,39-40H,9,11,14H2,1-8H3/b34-15+/t23-,25?,26?,30-/m1/s1. The number of hydrogen-bond acceptors (Lipinski definition) is 12. The van der Waals surface area contributed by atoms with Gasteiger partial charge in [-0.1, -0.05) is 53.7 Å². The van der Waals surface area contributed by atoms with Crippen molar-refractivity contribution in [3.63, 3.8) is 0 Å². The molecule has 1 saturated heterocycles. The first-order valence-electron chi connectivity index (χ1n) is 15.2. The van der Waals surface area contributed by atoms with Crippen molar-refractivity contribution in [2.75, 3.05) is 27.3 Å². The Morgan fingerprint density at radius 2 is 1.78 bits per heavy atom. The number of aliphatic hydroxyl groups excluding tert-OH is 2. The van der Waals surface area contributed by atoms with Crippen molar-refractivity contribution in [1.29, 1.82) is 5.26 Å². The third-order valence-corrected chi connectivity index (χ3v) is 8.94. The van der Waals surface area contributed by atoms with E-state index in [0.717, 1.165) is 5.56 Å². The van der Waals surface area contributed by atoms with Gasteiger partial charge >= 0.3 is 10.1 Å². The molecule has 0 spiro atoms. The molecule has 250 valence electrons. The van der Waals surface area contributed by atoms with E-state index >= 15 is 0 Å². The zero-order valence-corrected chi connectivity index (χ0v) is 28.3. The lowest BCUT2D eigenvalue weighted by molar-refractivity contribution is -0.0693. The summed E-state index contributed by atoms with van der Waals surface area (Å²) >= 11 is 0. The van der Waals surface area contributed by atoms with Crippen LogP contribution in [0.25, 0.3) is 11.2 Å². The van der Waals surface area contributed by atoms with Gasteiger partial charge < -0.3 is 28.8 Å². The van der Waals surface area contributed by atoms with Crippen LogP contribution in [0.15, 0.2) is 28.3 Å². The van der Waals surface area contributed by atoms with Crippen LogP contribution in [0.5, 0.6) is 5.88 Å². The molecule has 0 radical (unpaired) electrons. The summed E-state index contributed by atoms with van der Waals surface area (Å²) in [7, 11) is -0.961. The molecule has 1 fully saturated rings. The molecule has 14 nitrogen and oxygen atoms in total. The van der Waals surface area contributed by atoms with E-state index in [2.05, 4.69) is 33.8 Å². The van der Waals surface area contributed by atoms with Crippen LogP contribution >= 0.6 is 0 Å². The molecule has 1 aromatic carbocycles. The molecule has 2 unspecified atom stereocenters. The van der Waals surface area contributed by atoms with E-state index in [1.165, 1.54) is 17.2 Å². The van der Waals surface area contributed by atoms with Gasteiger partial charge in [0.1, 0.15) is 23.2 Å². The second-order valence-corrected chi connectivity index (χ2v) is 13.9. The minimum absolute atomic E-state index is 0.00434. The lowest BCUT2D eigenvalue weighted by atomic mass is 9.89. The van der Waals surface area contributed by atoms with Crippen LogP contribution in [0, 0.1) is 11.3 Å². The first-order valence-corrected chi connectivity index (χ1v) is 16.6. The minimum Gasteiger partial charge on any atom is -0.394 e. The summed E-state index contributed by atoms with van der Waals surface area (Å²) in [6, 6.07) is 5.82. The van der Waals surface area contributed by atoms with E-state index in [0.29, 0.717) is 11.1 Å². The van der Waals surface area contributed by atoms with Gasteiger partial charge in [-0.15, -0.1) is 0 Å². The second kappa shape index (κ2) is 14.4. The minimum atomic E-state index is -4.47. The Morgan fingerprint density at radius 3 is 2.33 bits per heavy atom. The third kappa shape index (κ3) is 7.31. The smallest absolute Gasteiger partial charge is 0.341 e. The van der Waals surface area contributed by atoms with Crippen molar-refractivity contribution < 1.29 is 32.3 Å². The fraction of sp³-hybridized carbons (Fsp3) is 0.581. The molecule has 1 aliphatic rings. The first kappa shape index (κ1) is 35.2. The van der Waals surface area contributed by atoms with Crippen LogP contribution in [0.2, 0.25) is 0 Å². The number of aliphatic hydroxyl groups is 2. The molecule has 0 amide bonds. The second-order valence-electron chi connectivity index (χ2n) is 12.4. The van der Waals surface area contributed by atoms with E-state index < -0.39 is 41.3 Å². The summed E-state index contributed by atoms with van der Waals surface area (Å²) in [5.74, 6) is -0.526. The van der Waals surface area contributed by atoms with Gasteiger partial charge in [0.2, 0.25) is 0 Å². The van der Waals surface area contributed by atoms with Crippen molar-refractivity contribution in [1.82, 2.24) is 24.4 Å². The Morgan fingerprint density at radius 1 is 1.13 bits per heavy atom. The number of fused-ring (bicyclic) bond motifs is 1. The van der Waals surface area contributed by atoms with Gasteiger partial charge in [-0.3, -0.25) is 4.57 Å². The van der Waals surface area contributed by atoms with Crippen LogP contribution in [-0.4, -0.2) is 95.0 Å². The van der Waals surface area contributed by atoms with Crippen molar-refractivity contribution in [2.24, 2.45) is 4.99 Å². The maximum Gasteiger partial charge on any atom is 0.341 e. The van der Waals surface area contributed by atoms with Gasteiger partial charge in [-0.05, 0) is 34.4 Å². The number of ether oxygens (including phenoxy) is 2. The average molecular weight is 658 g/mol. The van der Waals surface area contributed by atoms with E-state index in [-0.39, 0.29) is 58.7 Å². The molecule has 3 heterocycles. The molecule has 4 rings (SSSR count). The van der Waals surface area contributed by atoms with E-state index in [9.17, 15) is 18.6 Å². The van der Waals surface area contributed by atoms with E-state index in [1.807, 2.05) is 45.9 Å². The number of benzene rings is 1. The van der Waals surface area contributed by atoms with E-state index in [4.69, 9.17) is 18.9 Å². The normalized spacial score (nSPS) is 20.4. The van der Waals surface area contributed by atoms with Gasteiger partial charge in [0.15, 0.2) is 17.4 Å². The molecular formula is C31H43N7O7S. The lowest BCUT2D eigenvalue weighted by Gasteiger charge is -2.22. The molecule has 2 aromatic heterocycles. The molecule has 2 N–H and O–H groups in total. The highest BCUT2D eigenvalue weighted by Crippen LogP contribution is 2.39. The molecule has 3 aromatic rings. The molecule has 15 heteroatoms. The highest BCUT2D eigenvalue weighted by atomic mass is 32.2. The van der Waals surface area contributed by atoms with Crippen LogP contribution in [0.1, 0.15) is 88.6 Å². The summed E-state index contributed by atoms with van der Waals surface area (Å²) in [5, 5.41) is 29.6. The van der Waals surface area contributed by atoms with Crippen molar-refractivity contribution in [2.45, 2.75) is 95.2 Å². The Hall–Kier alpha value is -3.68. The van der Waals surface area contributed by atoms with Crippen LogP contribution in [0.3, 0.4) is 0 Å². The maximum atomic E-state index is 14.2. The predicted octanol–water partition coefficient (Wildman–Crippen LogP) is 3.74. The van der Waals surface area contributed by atoms with Crippen LogP contribution in [0.4, 0.5) is 5.95 Å². The van der Waals surface area contributed by atoms with Crippen LogP contribution < -0.4 is 4.18 Å². The molecule has 0 bridgehead atoms. The Balaban J connectivity index is 1.89. The summed E-state index contributed by atoms with van der Waals surface area (Å²) < 4.78 is 47.5. The summed E-state index contributed by atoms with van der Waals surface area (Å²) in [4.78, 5) is 19.3. The topological polar surface area (TPSA) is 185 Å². The van der Waals surface area contributed by atoms with Crippen molar-refractivity contribution >= 4 is 33.6 Å². The SMILES string of the molecule is CC(C)c1cc(C(C)C)c(S(=O)(=O)Oc2nc(/N=C/N(C)C)nc3c2ncn3[C@@H]2O[C@H](CO)C(O)C2OCCC#N)c(C(C)C)c1. The molecule has 0 saturated carbocycles. The number of imidazole rings is 1. The lowest BCUT2D eigenvalue weighted by Crippen LogP contribution is -2.35. The fourth-order valence-electron chi connectivity index (χ4n) is 5.19. The number of aromatic nitrogens is 4. The average Bonchev–Trinajstić information content (AvgIpc) is 3.55. The highest BCUT2D eigenvalue weighted by Gasteiger charge is 2.46. The third-order valence-electron chi connectivity index (χ3n) is 7.59. The summed E-state index contributed by atoms with van der Waals surface area (Å²) in [5.41, 5.74) is 2.40. The molecule has 0 aliphatic carbocycles. The molecule has 1 aliphatic heterocycles. The highest BCUT2D eigenvalue weighted by molar-refractivity contribution is 7.87. The zero-order valence-electron chi connectivity index (χ0n) is 27.4. The van der Waals surface area contributed by atoms with Crippen molar-refractivity contribution in [3.8, 4) is 11.9 Å². The Labute approximate surface area is 269 Å². The number of nitriles is 1. The van der Waals surface area contributed by atoms with Gasteiger partial charge in [0, 0.05) is 14.1 Å².